The molecular formula is C38H74N2O6. The standard InChI is InChI=1S/C38H74N2O6/c1-5-7-9-11-13-15-17-19-21-23-25-28-36(41)44-34-31-40(38(43)46-33-27-30-39(3)4)32-35-45-37(42)29-26-24-22-20-18-16-14-12-10-8-6-2/h5-35H2,1-4H3. The average molecular weight is 655 g/mol. The molecule has 8 heteroatoms. The van der Waals surface area contributed by atoms with Crippen LogP contribution in [-0.2, 0) is 23.8 Å². The summed E-state index contributed by atoms with van der Waals surface area (Å²) in [7, 11) is 3.95. The van der Waals surface area contributed by atoms with Gasteiger partial charge in [-0.25, -0.2) is 4.79 Å². The zero-order chi connectivity index (χ0) is 33.9. The van der Waals surface area contributed by atoms with Crippen molar-refractivity contribution in [3.05, 3.63) is 0 Å². The lowest BCUT2D eigenvalue weighted by Gasteiger charge is -2.22. The normalized spacial score (nSPS) is 11.2. The van der Waals surface area contributed by atoms with Gasteiger partial charge in [0.05, 0.1) is 19.7 Å². The van der Waals surface area contributed by atoms with Gasteiger partial charge < -0.3 is 24.0 Å². The van der Waals surface area contributed by atoms with Crippen LogP contribution in [0.2, 0.25) is 0 Å². The van der Waals surface area contributed by atoms with Crippen molar-refractivity contribution in [1.29, 1.82) is 0 Å². The Kier molecular flexibility index (Phi) is 33.1. The molecule has 0 aliphatic heterocycles. The van der Waals surface area contributed by atoms with Gasteiger partial charge in [0.2, 0.25) is 0 Å². The molecule has 0 atom stereocenters. The van der Waals surface area contributed by atoms with Crippen LogP contribution in [0, 0.1) is 0 Å². The van der Waals surface area contributed by atoms with E-state index in [0.29, 0.717) is 19.4 Å². The van der Waals surface area contributed by atoms with Crippen LogP contribution < -0.4 is 0 Å². The zero-order valence-electron chi connectivity index (χ0n) is 30.8. The molecule has 46 heavy (non-hydrogen) atoms. The third-order valence-corrected chi connectivity index (χ3v) is 8.45. The molecule has 0 unspecified atom stereocenters. The van der Waals surface area contributed by atoms with E-state index >= 15 is 0 Å². The quantitative estimate of drug-likeness (QED) is 0.0388. The highest BCUT2D eigenvalue weighted by atomic mass is 16.6. The smallest absolute Gasteiger partial charge is 0.409 e. The van der Waals surface area contributed by atoms with E-state index in [1.54, 1.807) is 0 Å². The highest BCUT2D eigenvalue weighted by Gasteiger charge is 2.17. The number of rotatable bonds is 34. The number of hydrogen-bond donors (Lipinski definition) is 0. The number of carbonyl (C=O) groups is 3. The predicted octanol–water partition coefficient (Wildman–Crippen LogP) is 9.87. The summed E-state index contributed by atoms with van der Waals surface area (Å²) in [4.78, 5) is 40.7. The molecule has 8 nitrogen and oxygen atoms in total. The largest absolute Gasteiger partial charge is 0.464 e. The fraction of sp³-hybridized carbons (Fsp3) is 0.921. The number of nitrogens with zero attached hydrogens (tertiary/aromatic N) is 2. The first-order valence-electron chi connectivity index (χ1n) is 19.3. The molecule has 272 valence electrons. The SMILES string of the molecule is CCCCCCCCCCCCCC(=O)OCCN(CCOC(=O)CCCCCCCCCCCCC)C(=O)OCCCN(C)C. The fourth-order valence-electron chi connectivity index (χ4n) is 5.48. The molecule has 0 aliphatic carbocycles. The third-order valence-electron chi connectivity index (χ3n) is 8.45. The van der Waals surface area contributed by atoms with Crippen LogP contribution in [0.5, 0.6) is 0 Å². The van der Waals surface area contributed by atoms with Gasteiger partial charge in [-0.2, -0.15) is 0 Å². The van der Waals surface area contributed by atoms with Crippen molar-refractivity contribution in [2.45, 2.75) is 174 Å². The minimum absolute atomic E-state index is 0.107. The fourth-order valence-corrected chi connectivity index (χ4v) is 5.48. The predicted molar refractivity (Wildman–Crippen MR) is 190 cm³/mol. The molecular weight excluding hydrogens is 580 g/mol. The van der Waals surface area contributed by atoms with E-state index in [-0.39, 0.29) is 38.2 Å². The average Bonchev–Trinajstić information content (AvgIpc) is 3.03. The molecule has 0 saturated carbocycles. The molecule has 0 spiro atoms. The number of esters is 2. The Morgan fingerprint density at radius 2 is 0.761 bits per heavy atom. The minimum atomic E-state index is -0.471. The summed E-state index contributed by atoms with van der Waals surface area (Å²) in [6.07, 6.45) is 28.2. The number of ether oxygens (including phenoxy) is 3. The summed E-state index contributed by atoms with van der Waals surface area (Å²) in [5, 5.41) is 0. The van der Waals surface area contributed by atoms with Crippen LogP contribution in [0.4, 0.5) is 4.79 Å². The third kappa shape index (κ3) is 32.1. The molecule has 0 aromatic carbocycles. The van der Waals surface area contributed by atoms with E-state index in [0.717, 1.165) is 51.5 Å². The maximum atomic E-state index is 12.7. The summed E-state index contributed by atoms with van der Waals surface area (Å²) in [6, 6.07) is 0. The van der Waals surface area contributed by atoms with Crippen molar-refractivity contribution >= 4 is 18.0 Å². The molecule has 0 N–H and O–H groups in total. The van der Waals surface area contributed by atoms with Gasteiger partial charge in [-0.1, -0.05) is 142 Å². The maximum Gasteiger partial charge on any atom is 0.409 e. The van der Waals surface area contributed by atoms with E-state index < -0.39 is 6.09 Å². The lowest BCUT2D eigenvalue weighted by atomic mass is 10.1. The van der Waals surface area contributed by atoms with E-state index in [9.17, 15) is 14.4 Å². The number of amides is 1. The van der Waals surface area contributed by atoms with Crippen LogP contribution in [0.3, 0.4) is 0 Å². The van der Waals surface area contributed by atoms with Crippen LogP contribution >= 0.6 is 0 Å². The van der Waals surface area contributed by atoms with Crippen molar-refractivity contribution in [3.63, 3.8) is 0 Å². The summed E-state index contributed by atoms with van der Waals surface area (Å²) >= 11 is 0. The summed E-state index contributed by atoms with van der Waals surface area (Å²) in [6.45, 7) is 6.27. The molecule has 0 fully saturated rings. The number of hydrogen-bond acceptors (Lipinski definition) is 7. The van der Waals surface area contributed by atoms with Gasteiger partial charge in [0, 0.05) is 19.4 Å². The monoisotopic (exact) mass is 655 g/mol. The first kappa shape index (κ1) is 44.2. The number of carbonyl (C=O) groups excluding carboxylic acids is 3. The van der Waals surface area contributed by atoms with E-state index in [2.05, 4.69) is 13.8 Å². The Hall–Kier alpha value is -1.83. The Morgan fingerprint density at radius 1 is 0.413 bits per heavy atom. The van der Waals surface area contributed by atoms with Crippen molar-refractivity contribution in [2.75, 3.05) is 53.6 Å². The molecule has 0 bridgehead atoms. The first-order valence-corrected chi connectivity index (χ1v) is 19.3. The Labute approximate surface area is 284 Å². The van der Waals surface area contributed by atoms with E-state index in [1.807, 2.05) is 19.0 Å². The summed E-state index contributed by atoms with van der Waals surface area (Å²) in [5.74, 6) is -0.456. The minimum Gasteiger partial charge on any atom is -0.464 e. The lowest BCUT2D eigenvalue weighted by molar-refractivity contribution is -0.144. The highest BCUT2D eigenvalue weighted by molar-refractivity contribution is 5.70. The van der Waals surface area contributed by atoms with Crippen molar-refractivity contribution < 1.29 is 28.6 Å². The van der Waals surface area contributed by atoms with Gasteiger partial charge >= 0.3 is 18.0 Å². The van der Waals surface area contributed by atoms with E-state index in [1.165, 1.54) is 108 Å². The van der Waals surface area contributed by atoms with Gasteiger partial charge in [-0.3, -0.25) is 9.59 Å². The van der Waals surface area contributed by atoms with Gasteiger partial charge in [-0.05, 0) is 33.4 Å². The Bertz CT molecular complexity index is 659. The second-order valence-corrected chi connectivity index (χ2v) is 13.3. The Balaban J connectivity index is 4.15. The molecule has 0 radical (unpaired) electrons. The van der Waals surface area contributed by atoms with Crippen molar-refractivity contribution in [2.24, 2.45) is 0 Å². The molecule has 0 aromatic heterocycles. The zero-order valence-corrected chi connectivity index (χ0v) is 30.8. The van der Waals surface area contributed by atoms with Crippen LogP contribution in [0.1, 0.15) is 174 Å². The maximum absolute atomic E-state index is 12.7. The molecule has 0 aromatic rings. The van der Waals surface area contributed by atoms with E-state index in [4.69, 9.17) is 14.2 Å². The summed E-state index contributed by atoms with van der Waals surface area (Å²) in [5.41, 5.74) is 0. The van der Waals surface area contributed by atoms with Crippen LogP contribution in [0.15, 0.2) is 0 Å². The Morgan fingerprint density at radius 3 is 1.11 bits per heavy atom. The number of unbranched alkanes of at least 4 members (excludes halogenated alkanes) is 20. The van der Waals surface area contributed by atoms with Gasteiger partial charge in [0.25, 0.3) is 0 Å². The molecule has 0 saturated heterocycles. The first-order chi connectivity index (χ1) is 22.4. The van der Waals surface area contributed by atoms with Crippen LogP contribution in [0.25, 0.3) is 0 Å². The van der Waals surface area contributed by atoms with Crippen LogP contribution in [-0.4, -0.2) is 81.4 Å². The molecule has 0 aliphatic rings. The van der Waals surface area contributed by atoms with Crippen molar-refractivity contribution in [1.82, 2.24) is 9.80 Å². The molecule has 0 heterocycles. The molecule has 0 rings (SSSR count). The lowest BCUT2D eigenvalue weighted by Crippen LogP contribution is -2.38. The second kappa shape index (κ2) is 34.5. The summed E-state index contributed by atoms with van der Waals surface area (Å²) < 4.78 is 16.3. The van der Waals surface area contributed by atoms with Gasteiger partial charge in [0.15, 0.2) is 0 Å². The van der Waals surface area contributed by atoms with Gasteiger partial charge in [0.1, 0.15) is 13.2 Å². The second-order valence-electron chi connectivity index (χ2n) is 13.3. The van der Waals surface area contributed by atoms with Gasteiger partial charge in [-0.15, -0.1) is 0 Å². The topological polar surface area (TPSA) is 85.4 Å². The highest BCUT2D eigenvalue weighted by Crippen LogP contribution is 2.13. The molecule has 1 amide bonds. The van der Waals surface area contributed by atoms with Crippen molar-refractivity contribution in [3.8, 4) is 0 Å².